The van der Waals surface area contributed by atoms with E-state index in [2.05, 4.69) is 18.3 Å². The van der Waals surface area contributed by atoms with Crippen molar-refractivity contribution in [3.63, 3.8) is 0 Å². The van der Waals surface area contributed by atoms with Gasteiger partial charge in [0.2, 0.25) is 0 Å². The summed E-state index contributed by atoms with van der Waals surface area (Å²) >= 11 is 0. The molecule has 1 fully saturated rings. The van der Waals surface area contributed by atoms with Crippen LogP contribution in [0, 0.1) is 6.92 Å². The molecule has 0 aliphatic heterocycles. The molecule has 2 rings (SSSR count). The first kappa shape index (κ1) is 14.9. The predicted molar refractivity (Wildman–Crippen MR) is 84.3 cm³/mol. The van der Waals surface area contributed by atoms with Crippen LogP contribution in [0.1, 0.15) is 54.9 Å². The quantitative estimate of drug-likeness (QED) is 0.905. The second-order valence-corrected chi connectivity index (χ2v) is 5.79. The van der Waals surface area contributed by atoms with Gasteiger partial charge >= 0.3 is 0 Å². The Hall–Kier alpha value is -1.51. The van der Waals surface area contributed by atoms with E-state index in [1.807, 2.05) is 31.0 Å². The van der Waals surface area contributed by atoms with E-state index in [0.717, 1.165) is 36.2 Å². The average molecular weight is 274 g/mol. The first-order valence-corrected chi connectivity index (χ1v) is 7.75. The molecule has 0 atom stereocenters. The fourth-order valence-corrected chi connectivity index (χ4v) is 3.00. The molecule has 0 aromatic heterocycles. The van der Waals surface area contributed by atoms with Gasteiger partial charge in [-0.2, -0.15) is 0 Å². The molecule has 1 aliphatic carbocycles. The number of aryl methyl sites for hydroxylation is 1. The largest absolute Gasteiger partial charge is 0.385 e. The van der Waals surface area contributed by atoms with Crippen LogP contribution in [0.25, 0.3) is 0 Å². The summed E-state index contributed by atoms with van der Waals surface area (Å²) in [7, 11) is 1.95. The highest BCUT2D eigenvalue weighted by molar-refractivity contribution is 5.99. The van der Waals surface area contributed by atoms with Crippen LogP contribution < -0.4 is 5.32 Å². The minimum Gasteiger partial charge on any atom is -0.385 e. The zero-order valence-electron chi connectivity index (χ0n) is 12.9. The summed E-state index contributed by atoms with van der Waals surface area (Å²) in [4.78, 5) is 14.7. The van der Waals surface area contributed by atoms with Crippen LogP contribution in [0.2, 0.25) is 0 Å². The Morgan fingerprint density at radius 1 is 1.30 bits per heavy atom. The third-order valence-electron chi connectivity index (χ3n) is 4.22. The Labute approximate surface area is 122 Å². The SMILES string of the molecule is CCNc1ccc(C)cc1C(=O)N(C)C1CCCCC1. The number of amides is 1. The van der Waals surface area contributed by atoms with Crippen molar-refractivity contribution in [1.29, 1.82) is 0 Å². The molecular weight excluding hydrogens is 248 g/mol. The fraction of sp³-hybridized carbons (Fsp3) is 0.588. The average Bonchev–Trinajstić information content (AvgIpc) is 2.48. The smallest absolute Gasteiger partial charge is 0.255 e. The molecule has 3 nitrogen and oxygen atoms in total. The molecule has 110 valence electrons. The van der Waals surface area contributed by atoms with Gasteiger partial charge in [0.1, 0.15) is 0 Å². The molecule has 1 N–H and O–H groups in total. The summed E-state index contributed by atoms with van der Waals surface area (Å²) in [5.41, 5.74) is 2.89. The van der Waals surface area contributed by atoms with E-state index in [1.54, 1.807) is 0 Å². The summed E-state index contributed by atoms with van der Waals surface area (Å²) in [6, 6.07) is 6.47. The molecule has 0 heterocycles. The van der Waals surface area contributed by atoms with E-state index < -0.39 is 0 Å². The standard InChI is InChI=1S/C17H26N2O/c1-4-18-16-11-10-13(2)12-15(16)17(20)19(3)14-8-6-5-7-9-14/h10-12,14,18H,4-9H2,1-3H3. The molecule has 0 radical (unpaired) electrons. The summed E-state index contributed by atoms with van der Waals surface area (Å²) in [6.45, 7) is 4.92. The molecule has 1 saturated carbocycles. The van der Waals surface area contributed by atoms with Crippen LogP contribution >= 0.6 is 0 Å². The first-order chi connectivity index (χ1) is 9.63. The fourth-order valence-electron chi connectivity index (χ4n) is 3.00. The number of nitrogens with one attached hydrogen (secondary N) is 1. The highest BCUT2D eigenvalue weighted by Gasteiger charge is 2.24. The minimum atomic E-state index is 0.150. The number of hydrogen-bond donors (Lipinski definition) is 1. The lowest BCUT2D eigenvalue weighted by Crippen LogP contribution is -2.38. The Kier molecular flexibility index (Phi) is 5.05. The molecule has 20 heavy (non-hydrogen) atoms. The number of hydrogen-bond acceptors (Lipinski definition) is 2. The first-order valence-electron chi connectivity index (χ1n) is 7.75. The van der Waals surface area contributed by atoms with Gasteiger partial charge in [0, 0.05) is 25.3 Å². The van der Waals surface area contributed by atoms with Gasteiger partial charge in [0.05, 0.1) is 5.56 Å². The molecule has 1 aromatic carbocycles. The lowest BCUT2D eigenvalue weighted by atomic mass is 9.94. The molecule has 3 heteroatoms. The molecule has 0 unspecified atom stereocenters. The lowest BCUT2D eigenvalue weighted by Gasteiger charge is -2.31. The number of carbonyl (C=O) groups excluding carboxylic acids is 1. The maximum absolute atomic E-state index is 12.8. The number of benzene rings is 1. The lowest BCUT2D eigenvalue weighted by molar-refractivity contribution is 0.0697. The van der Waals surface area contributed by atoms with E-state index in [9.17, 15) is 4.79 Å². The van der Waals surface area contributed by atoms with Crippen LogP contribution in [0.5, 0.6) is 0 Å². The summed E-state index contributed by atoms with van der Waals surface area (Å²) < 4.78 is 0. The van der Waals surface area contributed by atoms with E-state index >= 15 is 0 Å². The Balaban J connectivity index is 2.20. The van der Waals surface area contributed by atoms with Gasteiger partial charge in [-0.05, 0) is 38.8 Å². The number of anilines is 1. The van der Waals surface area contributed by atoms with Crippen LogP contribution in [-0.2, 0) is 0 Å². The van der Waals surface area contributed by atoms with E-state index in [0.29, 0.717) is 6.04 Å². The van der Waals surface area contributed by atoms with Crippen molar-refractivity contribution in [3.05, 3.63) is 29.3 Å². The second kappa shape index (κ2) is 6.78. The topological polar surface area (TPSA) is 32.3 Å². The number of carbonyl (C=O) groups is 1. The molecular formula is C17H26N2O. The van der Waals surface area contributed by atoms with Crippen molar-refractivity contribution >= 4 is 11.6 Å². The van der Waals surface area contributed by atoms with Crippen molar-refractivity contribution in [2.24, 2.45) is 0 Å². The zero-order valence-corrected chi connectivity index (χ0v) is 12.9. The molecule has 0 saturated heterocycles. The molecule has 1 aromatic rings. The van der Waals surface area contributed by atoms with Gasteiger partial charge in [-0.25, -0.2) is 0 Å². The summed E-state index contributed by atoms with van der Waals surface area (Å²) in [6.07, 6.45) is 6.09. The van der Waals surface area contributed by atoms with Gasteiger partial charge in [-0.1, -0.05) is 30.9 Å². The van der Waals surface area contributed by atoms with Crippen LogP contribution in [0.4, 0.5) is 5.69 Å². The third-order valence-corrected chi connectivity index (χ3v) is 4.22. The van der Waals surface area contributed by atoms with E-state index in [-0.39, 0.29) is 5.91 Å². The van der Waals surface area contributed by atoms with Crippen molar-refractivity contribution in [1.82, 2.24) is 4.90 Å². The molecule has 1 aliphatic rings. The van der Waals surface area contributed by atoms with Crippen molar-refractivity contribution in [2.45, 2.75) is 52.0 Å². The number of nitrogens with zero attached hydrogens (tertiary/aromatic N) is 1. The third kappa shape index (κ3) is 3.33. The van der Waals surface area contributed by atoms with Gasteiger partial charge in [0.15, 0.2) is 0 Å². The molecule has 0 bridgehead atoms. The Bertz CT molecular complexity index is 464. The summed E-state index contributed by atoms with van der Waals surface area (Å²) in [5, 5.41) is 3.29. The molecule has 1 amide bonds. The van der Waals surface area contributed by atoms with Crippen LogP contribution in [0.3, 0.4) is 0 Å². The van der Waals surface area contributed by atoms with Crippen molar-refractivity contribution in [2.75, 3.05) is 18.9 Å². The summed E-state index contributed by atoms with van der Waals surface area (Å²) in [5.74, 6) is 0.150. The van der Waals surface area contributed by atoms with Gasteiger partial charge in [-0.3, -0.25) is 4.79 Å². The van der Waals surface area contributed by atoms with Crippen LogP contribution in [-0.4, -0.2) is 30.4 Å². The van der Waals surface area contributed by atoms with Crippen molar-refractivity contribution < 1.29 is 4.79 Å². The maximum atomic E-state index is 12.8. The minimum absolute atomic E-state index is 0.150. The van der Waals surface area contributed by atoms with Gasteiger partial charge < -0.3 is 10.2 Å². The van der Waals surface area contributed by atoms with Crippen LogP contribution in [0.15, 0.2) is 18.2 Å². The normalized spacial score (nSPS) is 15.9. The Morgan fingerprint density at radius 3 is 2.65 bits per heavy atom. The highest BCUT2D eigenvalue weighted by atomic mass is 16.2. The Morgan fingerprint density at radius 2 is 2.00 bits per heavy atom. The predicted octanol–water partition coefficient (Wildman–Crippen LogP) is 3.83. The van der Waals surface area contributed by atoms with E-state index in [1.165, 1.54) is 19.3 Å². The molecule has 0 spiro atoms. The van der Waals surface area contributed by atoms with E-state index in [4.69, 9.17) is 0 Å². The van der Waals surface area contributed by atoms with Gasteiger partial charge in [0.25, 0.3) is 5.91 Å². The maximum Gasteiger partial charge on any atom is 0.255 e. The van der Waals surface area contributed by atoms with Gasteiger partial charge in [-0.15, -0.1) is 0 Å². The zero-order chi connectivity index (χ0) is 14.5. The second-order valence-electron chi connectivity index (χ2n) is 5.79. The van der Waals surface area contributed by atoms with Crippen molar-refractivity contribution in [3.8, 4) is 0 Å². The number of rotatable bonds is 4. The monoisotopic (exact) mass is 274 g/mol. The highest BCUT2D eigenvalue weighted by Crippen LogP contribution is 2.25.